The van der Waals surface area contributed by atoms with Gasteiger partial charge in [0.1, 0.15) is 11.6 Å². The van der Waals surface area contributed by atoms with Crippen LogP contribution in [0.5, 0.6) is 5.75 Å². The normalized spacial score (nSPS) is 11.3. The zero-order chi connectivity index (χ0) is 22.1. The van der Waals surface area contributed by atoms with Gasteiger partial charge in [0.2, 0.25) is 5.91 Å². The second kappa shape index (κ2) is 11.3. The number of rotatable bonds is 11. The lowest BCUT2D eigenvalue weighted by Crippen LogP contribution is -2.22. The predicted molar refractivity (Wildman–Crippen MR) is 127 cm³/mol. The molecule has 2 aromatic carbocycles. The summed E-state index contributed by atoms with van der Waals surface area (Å²) in [6.45, 7) is 8.30. The van der Waals surface area contributed by atoms with Crippen LogP contribution >= 0.6 is 0 Å². The Morgan fingerprint density at radius 3 is 2.77 bits per heavy atom. The summed E-state index contributed by atoms with van der Waals surface area (Å²) in [4.78, 5) is 16.4. The number of hydrogen-bond donors (Lipinski definition) is 1. The molecule has 3 rings (SSSR count). The van der Waals surface area contributed by atoms with Crippen molar-refractivity contribution in [2.75, 3.05) is 13.2 Å². The molecular formula is C26H33N3O2. The number of aromatic nitrogens is 2. The molecule has 1 aromatic heterocycles. The van der Waals surface area contributed by atoms with E-state index in [0.29, 0.717) is 13.2 Å². The van der Waals surface area contributed by atoms with Gasteiger partial charge in [0.05, 0.1) is 17.6 Å². The Bertz CT molecular complexity index is 1040. The SMILES string of the molecule is C/C=C\C(=O)NCCCc1nc2ccccc2n1CCCCOc1ccc(C)cc1C. The molecule has 1 amide bonds. The van der Waals surface area contributed by atoms with E-state index in [0.717, 1.165) is 49.3 Å². The molecule has 31 heavy (non-hydrogen) atoms. The maximum atomic E-state index is 11.6. The van der Waals surface area contributed by atoms with E-state index in [1.54, 1.807) is 12.2 Å². The van der Waals surface area contributed by atoms with E-state index >= 15 is 0 Å². The summed E-state index contributed by atoms with van der Waals surface area (Å²) < 4.78 is 8.30. The van der Waals surface area contributed by atoms with E-state index in [1.807, 2.05) is 13.0 Å². The summed E-state index contributed by atoms with van der Waals surface area (Å²) in [6.07, 6.45) is 7.01. The van der Waals surface area contributed by atoms with E-state index in [-0.39, 0.29) is 5.91 Å². The average molecular weight is 420 g/mol. The molecule has 0 aliphatic heterocycles. The van der Waals surface area contributed by atoms with E-state index in [1.165, 1.54) is 16.6 Å². The zero-order valence-electron chi connectivity index (χ0n) is 18.9. The topological polar surface area (TPSA) is 56.2 Å². The minimum atomic E-state index is -0.0418. The Balaban J connectivity index is 1.53. The van der Waals surface area contributed by atoms with Gasteiger partial charge in [-0.3, -0.25) is 4.79 Å². The molecular weight excluding hydrogens is 386 g/mol. The van der Waals surface area contributed by atoms with Gasteiger partial charge in [0.25, 0.3) is 0 Å². The summed E-state index contributed by atoms with van der Waals surface area (Å²) >= 11 is 0. The average Bonchev–Trinajstić information content (AvgIpc) is 3.10. The van der Waals surface area contributed by atoms with E-state index in [9.17, 15) is 4.79 Å². The fourth-order valence-electron chi connectivity index (χ4n) is 3.75. The molecule has 5 nitrogen and oxygen atoms in total. The number of allylic oxidation sites excluding steroid dienone is 1. The van der Waals surface area contributed by atoms with Crippen LogP contribution in [-0.4, -0.2) is 28.6 Å². The Labute approximate surface area is 185 Å². The van der Waals surface area contributed by atoms with Crippen molar-refractivity contribution in [3.63, 3.8) is 0 Å². The first-order chi connectivity index (χ1) is 15.1. The van der Waals surface area contributed by atoms with Gasteiger partial charge in [0.15, 0.2) is 0 Å². The van der Waals surface area contributed by atoms with Gasteiger partial charge in [0, 0.05) is 19.5 Å². The third-order valence-corrected chi connectivity index (χ3v) is 5.29. The van der Waals surface area contributed by atoms with Crippen molar-refractivity contribution in [3.8, 4) is 5.75 Å². The van der Waals surface area contributed by atoms with Crippen molar-refractivity contribution in [2.24, 2.45) is 0 Å². The monoisotopic (exact) mass is 419 g/mol. The highest BCUT2D eigenvalue weighted by Crippen LogP contribution is 2.20. The number of benzene rings is 2. The molecule has 0 aliphatic carbocycles. The summed E-state index contributed by atoms with van der Waals surface area (Å²) in [7, 11) is 0. The molecule has 164 valence electrons. The molecule has 0 atom stereocenters. The number of hydrogen-bond acceptors (Lipinski definition) is 3. The van der Waals surface area contributed by atoms with Gasteiger partial charge >= 0.3 is 0 Å². The van der Waals surface area contributed by atoms with E-state index in [4.69, 9.17) is 9.72 Å². The highest BCUT2D eigenvalue weighted by molar-refractivity contribution is 5.87. The van der Waals surface area contributed by atoms with Crippen LogP contribution in [0.15, 0.2) is 54.6 Å². The van der Waals surface area contributed by atoms with Gasteiger partial charge in [-0.25, -0.2) is 4.98 Å². The number of para-hydroxylation sites is 2. The lowest BCUT2D eigenvalue weighted by molar-refractivity contribution is -0.116. The molecule has 1 N–H and O–H groups in total. The standard InChI is InChI=1S/C26H33N3O2/c1-4-10-26(30)27-16-9-13-25-28-22-11-5-6-12-23(22)29(25)17-7-8-18-31-24-15-14-20(2)19-21(24)3/h4-6,10-12,14-15,19H,7-9,13,16-18H2,1-3H3,(H,27,30)/b10-4-. The van der Waals surface area contributed by atoms with E-state index in [2.05, 4.69) is 60.1 Å². The number of fused-ring (bicyclic) bond motifs is 1. The summed E-state index contributed by atoms with van der Waals surface area (Å²) in [5.74, 6) is 2.01. The molecule has 0 bridgehead atoms. The number of ether oxygens (including phenoxy) is 1. The van der Waals surface area contributed by atoms with Crippen molar-refractivity contribution >= 4 is 16.9 Å². The Kier molecular flexibility index (Phi) is 8.27. The summed E-state index contributed by atoms with van der Waals surface area (Å²) in [6, 6.07) is 14.6. The van der Waals surface area contributed by atoms with Gasteiger partial charge in [-0.1, -0.05) is 35.9 Å². The third-order valence-electron chi connectivity index (χ3n) is 5.29. The minimum absolute atomic E-state index is 0.0418. The molecule has 0 saturated heterocycles. The summed E-state index contributed by atoms with van der Waals surface area (Å²) in [5.41, 5.74) is 4.64. The second-order valence-corrected chi connectivity index (χ2v) is 7.89. The van der Waals surface area contributed by atoms with Crippen LogP contribution in [0.25, 0.3) is 11.0 Å². The molecule has 1 heterocycles. The highest BCUT2D eigenvalue weighted by Gasteiger charge is 2.10. The molecule has 0 radical (unpaired) electrons. The van der Waals surface area contributed by atoms with Crippen LogP contribution in [0.2, 0.25) is 0 Å². The smallest absolute Gasteiger partial charge is 0.243 e. The van der Waals surface area contributed by atoms with Crippen molar-refractivity contribution in [1.82, 2.24) is 14.9 Å². The van der Waals surface area contributed by atoms with Crippen LogP contribution < -0.4 is 10.1 Å². The fraction of sp³-hybridized carbons (Fsp3) is 0.385. The van der Waals surface area contributed by atoms with Crippen LogP contribution in [0.3, 0.4) is 0 Å². The first-order valence-electron chi connectivity index (χ1n) is 11.1. The zero-order valence-corrected chi connectivity index (χ0v) is 18.9. The van der Waals surface area contributed by atoms with Crippen molar-refractivity contribution < 1.29 is 9.53 Å². The van der Waals surface area contributed by atoms with Crippen molar-refractivity contribution in [1.29, 1.82) is 0 Å². The Hall–Kier alpha value is -3.08. The molecule has 0 spiro atoms. The van der Waals surface area contributed by atoms with Gasteiger partial charge in [-0.05, 0) is 69.9 Å². The van der Waals surface area contributed by atoms with Crippen LogP contribution in [0.4, 0.5) is 0 Å². The largest absolute Gasteiger partial charge is 0.493 e. The number of imidazole rings is 1. The minimum Gasteiger partial charge on any atom is -0.493 e. The maximum Gasteiger partial charge on any atom is 0.243 e. The second-order valence-electron chi connectivity index (χ2n) is 7.89. The number of amides is 1. The van der Waals surface area contributed by atoms with E-state index < -0.39 is 0 Å². The van der Waals surface area contributed by atoms with Gasteiger partial charge in [-0.2, -0.15) is 0 Å². The lowest BCUT2D eigenvalue weighted by atomic mass is 10.1. The number of unbranched alkanes of at least 4 members (excludes halogenated alkanes) is 1. The lowest BCUT2D eigenvalue weighted by Gasteiger charge is -2.12. The third kappa shape index (κ3) is 6.45. The number of aryl methyl sites for hydroxylation is 4. The Morgan fingerprint density at radius 1 is 1.13 bits per heavy atom. The summed E-state index contributed by atoms with van der Waals surface area (Å²) in [5, 5.41) is 2.91. The molecule has 0 fully saturated rings. The number of nitrogens with zero attached hydrogens (tertiary/aromatic N) is 2. The predicted octanol–water partition coefficient (Wildman–Crippen LogP) is 5.14. The fourth-order valence-corrected chi connectivity index (χ4v) is 3.75. The van der Waals surface area contributed by atoms with Crippen molar-refractivity contribution in [2.45, 2.75) is 53.0 Å². The molecule has 0 aliphatic rings. The highest BCUT2D eigenvalue weighted by atomic mass is 16.5. The molecule has 0 saturated carbocycles. The number of carbonyl (C=O) groups is 1. The molecule has 0 unspecified atom stereocenters. The maximum absolute atomic E-state index is 11.6. The number of carbonyl (C=O) groups excluding carboxylic acids is 1. The van der Waals surface area contributed by atoms with Crippen LogP contribution in [-0.2, 0) is 17.8 Å². The van der Waals surface area contributed by atoms with Crippen LogP contribution in [0, 0.1) is 13.8 Å². The van der Waals surface area contributed by atoms with Gasteiger partial charge in [-0.15, -0.1) is 0 Å². The molecule has 3 aromatic rings. The quantitative estimate of drug-likeness (QED) is 0.346. The number of nitrogens with one attached hydrogen (secondary N) is 1. The molecule has 5 heteroatoms. The first kappa shape index (κ1) is 22.6. The van der Waals surface area contributed by atoms with Gasteiger partial charge < -0.3 is 14.6 Å². The Morgan fingerprint density at radius 2 is 1.97 bits per heavy atom. The first-order valence-corrected chi connectivity index (χ1v) is 11.1. The van der Waals surface area contributed by atoms with Crippen molar-refractivity contribution in [3.05, 3.63) is 71.6 Å². The van der Waals surface area contributed by atoms with Crippen LogP contribution in [0.1, 0.15) is 43.1 Å².